The number of carbonyl (C=O) groups is 4. The molecule has 0 aromatic heterocycles. The number of carbonyl (C=O) groups excluding carboxylic acids is 2. The molecule has 0 saturated carbocycles. The average Bonchev–Trinajstić information content (AvgIpc) is 2.68. The summed E-state index contributed by atoms with van der Waals surface area (Å²) in [5.41, 5.74) is 0.741. The first kappa shape index (κ1) is 22.5. The molecule has 0 heterocycles. The molecule has 30 heavy (non-hydrogen) atoms. The number of carboxylic acids is 2. The van der Waals surface area contributed by atoms with Gasteiger partial charge in [0.25, 0.3) is 0 Å². The van der Waals surface area contributed by atoms with E-state index in [0.717, 1.165) is 0 Å². The molecule has 0 unspecified atom stereocenters. The Bertz CT molecular complexity index is 945. The lowest BCUT2D eigenvalue weighted by Gasteiger charge is -2.21. The first-order valence-electron chi connectivity index (χ1n) is 9.03. The highest BCUT2D eigenvalue weighted by Gasteiger charge is 2.27. The molecule has 2 aromatic carbocycles. The fraction of sp³-hybridized carbons (Fsp3) is 0.238. The van der Waals surface area contributed by atoms with E-state index in [9.17, 15) is 28.7 Å². The number of halogens is 1. The standard InChI is InChI=1S/C21H21FN2O6/c1-12(25)23-17(11-15-4-2-3-5-16(15)22)19(26)24-18(21(29)30)10-13-6-8-14(9-7-13)20(27)28/h2-9,17-18H,10-11H2,1H3,(H,23,25)(H,24,26)(H,27,28)(H,29,30)/t17-,18+/m1/s1. The normalized spacial score (nSPS) is 12.5. The van der Waals surface area contributed by atoms with Crippen LogP contribution in [0.25, 0.3) is 0 Å². The third-order valence-electron chi connectivity index (χ3n) is 4.33. The number of rotatable bonds is 9. The van der Waals surface area contributed by atoms with Crippen LogP contribution in [0.3, 0.4) is 0 Å². The smallest absolute Gasteiger partial charge is 0.335 e. The van der Waals surface area contributed by atoms with Crippen LogP contribution in [-0.2, 0) is 27.2 Å². The van der Waals surface area contributed by atoms with E-state index in [1.807, 2.05) is 0 Å². The van der Waals surface area contributed by atoms with Gasteiger partial charge in [0.1, 0.15) is 17.9 Å². The van der Waals surface area contributed by atoms with E-state index in [4.69, 9.17) is 5.11 Å². The van der Waals surface area contributed by atoms with Crippen molar-refractivity contribution in [3.05, 3.63) is 71.0 Å². The van der Waals surface area contributed by atoms with Crippen molar-refractivity contribution in [1.82, 2.24) is 10.6 Å². The predicted octanol–water partition coefficient (Wildman–Crippen LogP) is 1.38. The van der Waals surface area contributed by atoms with Crippen LogP contribution in [0.4, 0.5) is 4.39 Å². The number of nitrogens with one attached hydrogen (secondary N) is 2. The Balaban J connectivity index is 2.14. The van der Waals surface area contributed by atoms with Crippen LogP contribution in [0.2, 0.25) is 0 Å². The van der Waals surface area contributed by atoms with E-state index in [1.165, 1.54) is 49.4 Å². The molecule has 0 spiro atoms. The summed E-state index contributed by atoms with van der Waals surface area (Å²) in [6, 6.07) is 8.83. The van der Waals surface area contributed by atoms with Gasteiger partial charge >= 0.3 is 11.9 Å². The number of benzene rings is 2. The lowest BCUT2D eigenvalue weighted by atomic mass is 10.0. The average molecular weight is 416 g/mol. The van der Waals surface area contributed by atoms with Crippen molar-refractivity contribution in [2.75, 3.05) is 0 Å². The van der Waals surface area contributed by atoms with Crippen molar-refractivity contribution < 1.29 is 33.8 Å². The van der Waals surface area contributed by atoms with Gasteiger partial charge in [0.15, 0.2) is 0 Å². The Kier molecular flexibility index (Phi) is 7.62. The van der Waals surface area contributed by atoms with Crippen molar-refractivity contribution in [1.29, 1.82) is 0 Å². The molecule has 0 saturated heterocycles. The highest BCUT2D eigenvalue weighted by Crippen LogP contribution is 2.11. The van der Waals surface area contributed by atoms with Gasteiger partial charge in [0.2, 0.25) is 11.8 Å². The third kappa shape index (κ3) is 6.40. The minimum Gasteiger partial charge on any atom is -0.480 e. The maximum atomic E-state index is 13.9. The highest BCUT2D eigenvalue weighted by atomic mass is 19.1. The number of amides is 2. The van der Waals surface area contributed by atoms with E-state index in [2.05, 4.69) is 10.6 Å². The summed E-state index contributed by atoms with van der Waals surface area (Å²) in [6.45, 7) is 1.19. The second-order valence-electron chi connectivity index (χ2n) is 6.65. The molecular formula is C21H21FN2O6. The van der Waals surface area contributed by atoms with Crippen molar-refractivity contribution in [3.63, 3.8) is 0 Å². The van der Waals surface area contributed by atoms with Crippen LogP contribution in [-0.4, -0.2) is 46.0 Å². The predicted molar refractivity (Wildman–Crippen MR) is 104 cm³/mol. The first-order valence-corrected chi connectivity index (χ1v) is 9.03. The SMILES string of the molecule is CC(=O)N[C@H](Cc1ccccc1F)C(=O)N[C@@H](Cc1ccc(C(=O)O)cc1)C(=O)O. The fourth-order valence-corrected chi connectivity index (χ4v) is 2.83. The van der Waals surface area contributed by atoms with Crippen LogP contribution in [0.1, 0.15) is 28.4 Å². The molecule has 2 rings (SSSR count). The lowest BCUT2D eigenvalue weighted by Crippen LogP contribution is -2.52. The molecule has 0 radical (unpaired) electrons. The molecule has 0 aliphatic rings. The molecule has 158 valence electrons. The molecule has 4 N–H and O–H groups in total. The van der Waals surface area contributed by atoms with Crippen LogP contribution >= 0.6 is 0 Å². The van der Waals surface area contributed by atoms with Crippen molar-refractivity contribution >= 4 is 23.8 Å². The molecular weight excluding hydrogens is 395 g/mol. The summed E-state index contributed by atoms with van der Waals surface area (Å²) in [5, 5.41) is 23.2. The van der Waals surface area contributed by atoms with E-state index in [0.29, 0.717) is 5.56 Å². The van der Waals surface area contributed by atoms with Gasteiger partial charge in [0.05, 0.1) is 5.56 Å². The highest BCUT2D eigenvalue weighted by molar-refractivity contribution is 5.90. The summed E-state index contributed by atoms with van der Waals surface area (Å²) in [5.74, 6) is -4.27. The molecule has 0 aliphatic heterocycles. The third-order valence-corrected chi connectivity index (χ3v) is 4.33. The van der Waals surface area contributed by atoms with E-state index < -0.39 is 41.7 Å². The number of aliphatic carboxylic acids is 1. The van der Waals surface area contributed by atoms with Gasteiger partial charge < -0.3 is 20.8 Å². The summed E-state index contributed by atoms with van der Waals surface area (Å²) in [4.78, 5) is 46.7. The van der Waals surface area contributed by atoms with Gasteiger partial charge in [-0.3, -0.25) is 9.59 Å². The van der Waals surface area contributed by atoms with Crippen LogP contribution in [0, 0.1) is 5.82 Å². The largest absolute Gasteiger partial charge is 0.480 e. The van der Waals surface area contributed by atoms with Gasteiger partial charge in [-0.05, 0) is 29.3 Å². The quantitative estimate of drug-likeness (QED) is 0.488. The Labute approximate surface area is 171 Å². The Morgan fingerprint density at radius 2 is 1.53 bits per heavy atom. The van der Waals surface area contributed by atoms with Gasteiger partial charge in [0, 0.05) is 19.8 Å². The van der Waals surface area contributed by atoms with Crippen molar-refractivity contribution in [2.45, 2.75) is 31.8 Å². The first-order chi connectivity index (χ1) is 14.2. The second kappa shape index (κ2) is 10.1. The summed E-state index contributed by atoms with van der Waals surface area (Å²) in [6.07, 6.45) is -0.259. The van der Waals surface area contributed by atoms with Crippen LogP contribution in [0.5, 0.6) is 0 Å². The summed E-state index contributed by atoms with van der Waals surface area (Å²) >= 11 is 0. The van der Waals surface area contributed by atoms with E-state index >= 15 is 0 Å². The monoisotopic (exact) mass is 416 g/mol. The maximum Gasteiger partial charge on any atom is 0.335 e. The molecule has 2 atom stereocenters. The maximum absolute atomic E-state index is 13.9. The van der Waals surface area contributed by atoms with Gasteiger partial charge in [-0.2, -0.15) is 0 Å². The topological polar surface area (TPSA) is 133 Å². The number of hydrogen-bond acceptors (Lipinski definition) is 4. The van der Waals surface area contributed by atoms with Crippen molar-refractivity contribution in [3.8, 4) is 0 Å². The van der Waals surface area contributed by atoms with Crippen molar-refractivity contribution in [2.24, 2.45) is 0 Å². The van der Waals surface area contributed by atoms with Crippen LogP contribution in [0.15, 0.2) is 48.5 Å². The molecule has 2 aromatic rings. The molecule has 2 amide bonds. The van der Waals surface area contributed by atoms with Gasteiger partial charge in [-0.15, -0.1) is 0 Å². The molecule has 9 heteroatoms. The molecule has 8 nitrogen and oxygen atoms in total. The zero-order valence-electron chi connectivity index (χ0n) is 16.1. The minimum atomic E-state index is -1.33. The Morgan fingerprint density at radius 3 is 2.07 bits per heavy atom. The van der Waals surface area contributed by atoms with E-state index in [-0.39, 0.29) is 24.0 Å². The molecule has 0 bridgehead atoms. The summed E-state index contributed by atoms with van der Waals surface area (Å²) in [7, 11) is 0. The molecule has 0 fully saturated rings. The van der Waals surface area contributed by atoms with Gasteiger partial charge in [-0.1, -0.05) is 30.3 Å². The van der Waals surface area contributed by atoms with E-state index in [1.54, 1.807) is 6.07 Å². The van der Waals surface area contributed by atoms with Gasteiger partial charge in [-0.25, -0.2) is 14.0 Å². The van der Waals surface area contributed by atoms with Crippen LogP contribution < -0.4 is 10.6 Å². The number of hydrogen-bond donors (Lipinski definition) is 4. The fourth-order valence-electron chi connectivity index (χ4n) is 2.83. The Hall–Kier alpha value is -3.75. The zero-order valence-corrected chi connectivity index (χ0v) is 16.1. The number of carboxylic acid groups (broad SMARTS) is 2. The lowest BCUT2D eigenvalue weighted by molar-refractivity contribution is -0.142. The number of aromatic carboxylic acids is 1. The second-order valence-corrected chi connectivity index (χ2v) is 6.65. The Morgan fingerprint density at radius 1 is 0.900 bits per heavy atom. The minimum absolute atomic E-state index is 0.0465. The molecule has 0 aliphatic carbocycles. The summed E-state index contributed by atoms with van der Waals surface area (Å²) < 4.78 is 13.9. The zero-order chi connectivity index (χ0) is 22.3.